The molecule has 0 saturated carbocycles. The standard InChI is InChI=1S/C14H16BrN/c1-9-6-10(2-5-14(9)15)11-7-12-3-4-13(8-11)16-12/h2,5-7,12-13,16H,3-4,8H2,1H3. The molecule has 16 heavy (non-hydrogen) atoms. The van der Waals surface area contributed by atoms with Gasteiger partial charge in [0.15, 0.2) is 0 Å². The lowest BCUT2D eigenvalue weighted by atomic mass is 9.95. The van der Waals surface area contributed by atoms with E-state index in [9.17, 15) is 0 Å². The smallest absolute Gasteiger partial charge is 0.0259 e. The van der Waals surface area contributed by atoms with Crippen LogP contribution in [-0.4, -0.2) is 12.1 Å². The fourth-order valence-corrected chi connectivity index (χ4v) is 3.02. The number of aryl methyl sites for hydroxylation is 1. The van der Waals surface area contributed by atoms with Crippen LogP contribution >= 0.6 is 15.9 Å². The maximum absolute atomic E-state index is 3.63. The van der Waals surface area contributed by atoms with Crippen molar-refractivity contribution in [2.75, 3.05) is 0 Å². The van der Waals surface area contributed by atoms with Crippen LogP contribution in [0.3, 0.4) is 0 Å². The van der Waals surface area contributed by atoms with E-state index < -0.39 is 0 Å². The van der Waals surface area contributed by atoms with Gasteiger partial charge in [0.25, 0.3) is 0 Å². The highest BCUT2D eigenvalue weighted by Crippen LogP contribution is 2.33. The van der Waals surface area contributed by atoms with E-state index >= 15 is 0 Å². The second-order valence-corrected chi connectivity index (χ2v) is 5.76. The Kier molecular flexibility index (Phi) is 2.64. The van der Waals surface area contributed by atoms with Crippen molar-refractivity contribution < 1.29 is 0 Å². The van der Waals surface area contributed by atoms with Gasteiger partial charge in [0, 0.05) is 16.6 Å². The molecule has 2 bridgehead atoms. The molecule has 1 saturated heterocycles. The second-order valence-electron chi connectivity index (χ2n) is 4.91. The molecule has 2 heterocycles. The van der Waals surface area contributed by atoms with E-state index in [-0.39, 0.29) is 0 Å². The Morgan fingerprint density at radius 2 is 2.19 bits per heavy atom. The van der Waals surface area contributed by atoms with Crippen molar-refractivity contribution in [1.82, 2.24) is 5.32 Å². The van der Waals surface area contributed by atoms with Crippen LogP contribution in [0.5, 0.6) is 0 Å². The molecule has 84 valence electrons. The molecular formula is C14H16BrN. The van der Waals surface area contributed by atoms with Gasteiger partial charge in [-0.2, -0.15) is 0 Å². The minimum Gasteiger partial charge on any atom is -0.307 e. The minimum absolute atomic E-state index is 0.623. The highest BCUT2D eigenvalue weighted by Gasteiger charge is 2.28. The van der Waals surface area contributed by atoms with Crippen LogP contribution in [0.25, 0.3) is 5.57 Å². The molecule has 3 rings (SSSR count). The number of hydrogen-bond donors (Lipinski definition) is 1. The normalized spacial score (nSPS) is 28.0. The zero-order valence-electron chi connectivity index (χ0n) is 9.46. The first-order chi connectivity index (χ1) is 7.72. The van der Waals surface area contributed by atoms with Gasteiger partial charge in [-0.3, -0.25) is 0 Å². The zero-order valence-corrected chi connectivity index (χ0v) is 11.0. The summed E-state index contributed by atoms with van der Waals surface area (Å²) in [7, 11) is 0. The lowest BCUT2D eigenvalue weighted by Gasteiger charge is -2.21. The van der Waals surface area contributed by atoms with Gasteiger partial charge in [0.05, 0.1) is 0 Å². The molecule has 2 unspecified atom stereocenters. The van der Waals surface area contributed by atoms with E-state index in [0.717, 1.165) is 0 Å². The highest BCUT2D eigenvalue weighted by atomic mass is 79.9. The van der Waals surface area contributed by atoms with Crippen LogP contribution in [0.1, 0.15) is 30.4 Å². The van der Waals surface area contributed by atoms with Crippen LogP contribution in [0, 0.1) is 6.92 Å². The maximum atomic E-state index is 3.63. The van der Waals surface area contributed by atoms with Gasteiger partial charge in [0.2, 0.25) is 0 Å². The molecular weight excluding hydrogens is 262 g/mol. The van der Waals surface area contributed by atoms with Gasteiger partial charge in [-0.05, 0) is 49.0 Å². The topological polar surface area (TPSA) is 12.0 Å². The predicted molar refractivity (Wildman–Crippen MR) is 71.4 cm³/mol. The average molecular weight is 278 g/mol. The van der Waals surface area contributed by atoms with Crippen LogP contribution in [-0.2, 0) is 0 Å². The third-order valence-corrected chi connectivity index (χ3v) is 4.56. The lowest BCUT2D eigenvalue weighted by Crippen LogP contribution is -2.31. The van der Waals surface area contributed by atoms with Crippen LogP contribution in [0.4, 0.5) is 0 Å². The van der Waals surface area contributed by atoms with Crippen molar-refractivity contribution in [3.8, 4) is 0 Å². The summed E-state index contributed by atoms with van der Waals surface area (Å²) >= 11 is 3.56. The number of benzene rings is 1. The summed E-state index contributed by atoms with van der Waals surface area (Å²) in [5, 5.41) is 3.63. The Balaban J connectivity index is 1.95. The number of nitrogens with one attached hydrogen (secondary N) is 1. The largest absolute Gasteiger partial charge is 0.307 e. The summed E-state index contributed by atoms with van der Waals surface area (Å²) in [5.74, 6) is 0. The molecule has 0 radical (unpaired) electrons. The summed E-state index contributed by atoms with van der Waals surface area (Å²) in [6.45, 7) is 2.16. The Labute approximate surface area is 105 Å². The van der Waals surface area contributed by atoms with Gasteiger partial charge < -0.3 is 5.32 Å². The van der Waals surface area contributed by atoms with Crippen LogP contribution < -0.4 is 5.32 Å². The third kappa shape index (κ3) is 1.85. The molecule has 1 aromatic rings. The van der Waals surface area contributed by atoms with Gasteiger partial charge in [-0.25, -0.2) is 0 Å². The van der Waals surface area contributed by atoms with Crippen molar-refractivity contribution >= 4 is 21.5 Å². The van der Waals surface area contributed by atoms with Gasteiger partial charge in [-0.1, -0.05) is 34.1 Å². The van der Waals surface area contributed by atoms with Crippen LogP contribution in [0.2, 0.25) is 0 Å². The maximum Gasteiger partial charge on any atom is 0.0259 e. The molecule has 0 aromatic heterocycles. The van der Waals surface area contributed by atoms with Gasteiger partial charge in [0.1, 0.15) is 0 Å². The van der Waals surface area contributed by atoms with E-state index in [4.69, 9.17) is 0 Å². The van der Waals surface area contributed by atoms with E-state index in [0.29, 0.717) is 12.1 Å². The average Bonchev–Trinajstić information content (AvgIpc) is 2.62. The number of fused-ring (bicyclic) bond motifs is 2. The summed E-state index contributed by atoms with van der Waals surface area (Å²) in [4.78, 5) is 0. The minimum atomic E-state index is 0.623. The van der Waals surface area contributed by atoms with Crippen LogP contribution in [0.15, 0.2) is 28.7 Å². The van der Waals surface area contributed by atoms with E-state index in [1.807, 2.05) is 0 Å². The van der Waals surface area contributed by atoms with E-state index in [2.05, 4.69) is 52.4 Å². The van der Waals surface area contributed by atoms with Crippen molar-refractivity contribution in [2.24, 2.45) is 0 Å². The Bertz CT molecular complexity index is 450. The first kappa shape index (κ1) is 10.5. The van der Waals surface area contributed by atoms with E-state index in [1.165, 1.54) is 40.4 Å². The third-order valence-electron chi connectivity index (χ3n) is 3.67. The summed E-state index contributed by atoms with van der Waals surface area (Å²) < 4.78 is 1.20. The van der Waals surface area contributed by atoms with Crippen molar-refractivity contribution in [3.63, 3.8) is 0 Å². The molecule has 1 N–H and O–H groups in total. The Hall–Kier alpha value is -0.600. The van der Waals surface area contributed by atoms with Gasteiger partial charge in [-0.15, -0.1) is 0 Å². The fourth-order valence-electron chi connectivity index (χ4n) is 2.78. The summed E-state index contributed by atoms with van der Waals surface area (Å²) in [6.07, 6.45) is 6.26. The first-order valence-corrected chi connectivity index (χ1v) is 6.75. The molecule has 1 fully saturated rings. The molecule has 2 atom stereocenters. The Morgan fingerprint density at radius 3 is 2.94 bits per heavy atom. The quantitative estimate of drug-likeness (QED) is 0.826. The van der Waals surface area contributed by atoms with Crippen molar-refractivity contribution in [2.45, 2.75) is 38.3 Å². The Morgan fingerprint density at radius 1 is 1.31 bits per heavy atom. The molecule has 2 aliphatic rings. The second kappa shape index (κ2) is 4.01. The number of rotatable bonds is 1. The lowest BCUT2D eigenvalue weighted by molar-refractivity contribution is 0.575. The highest BCUT2D eigenvalue weighted by molar-refractivity contribution is 9.10. The first-order valence-electron chi connectivity index (χ1n) is 5.95. The number of halogens is 1. The van der Waals surface area contributed by atoms with E-state index in [1.54, 1.807) is 0 Å². The molecule has 0 amide bonds. The fraction of sp³-hybridized carbons (Fsp3) is 0.429. The molecule has 0 spiro atoms. The molecule has 1 aromatic carbocycles. The summed E-state index contributed by atoms with van der Waals surface area (Å²) in [5.41, 5.74) is 4.25. The van der Waals surface area contributed by atoms with Gasteiger partial charge >= 0.3 is 0 Å². The number of hydrogen-bond acceptors (Lipinski definition) is 1. The molecule has 1 nitrogen and oxygen atoms in total. The molecule has 0 aliphatic carbocycles. The summed E-state index contributed by atoms with van der Waals surface area (Å²) in [6, 6.07) is 8.02. The molecule has 2 aliphatic heterocycles. The van der Waals surface area contributed by atoms with Crippen molar-refractivity contribution in [3.05, 3.63) is 39.9 Å². The SMILES string of the molecule is Cc1cc(C2=CC3CCC(C2)N3)ccc1Br. The monoisotopic (exact) mass is 277 g/mol. The predicted octanol–water partition coefficient (Wildman–Crippen LogP) is 3.67. The molecule has 2 heteroatoms. The zero-order chi connectivity index (χ0) is 11.1. The van der Waals surface area contributed by atoms with Crippen molar-refractivity contribution in [1.29, 1.82) is 0 Å².